The van der Waals surface area contributed by atoms with E-state index in [1.165, 1.54) is 29.9 Å². The fraction of sp³-hybridized carbons (Fsp3) is 0.682. The lowest BCUT2D eigenvalue weighted by atomic mass is 9.65. The molecule has 2 atom stereocenters. The summed E-state index contributed by atoms with van der Waals surface area (Å²) in [5.74, 6) is 0.146. The van der Waals surface area contributed by atoms with Gasteiger partial charge in [-0.1, -0.05) is 20.8 Å². The SMILES string of the molecule is CC1(C)C[C@@H]2C[C@](C)(CN2C(=O)C[NH+]2CCN(c3ccc(F)cc3)CC2)C1. The van der Waals surface area contributed by atoms with Gasteiger partial charge in [0.2, 0.25) is 0 Å². The minimum Gasteiger partial charge on any atom is -0.360 e. The van der Waals surface area contributed by atoms with Crippen LogP contribution in [0.1, 0.15) is 40.0 Å². The van der Waals surface area contributed by atoms with Crippen LogP contribution in [0.2, 0.25) is 0 Å². The van der Waals surface area contributed by atoms with Crippen LogP contribution >= 0.6 is 0 Å². The zero-order chi connectivity index (χ0) is 19.2. The molecule has 3 aliphatic rings. The Balaban J connectivity index is 1.32. The molecule has 2 aliphatic heterocycles. The second-order valence-electron chi connectivity index (χ2n) is 10.1. The number of anilines is 1. The average Bonchev–Trinajstić information content (AvgIpc) is 2.85. The quantitative estimate of drug-likeness (QED) is 0.876. The maximum Gasteiger partial charge on any atom is 0.278 e. The minimum absolute atomic E-state index is 0.193. The number of rotatable bonds is 3. The molecule has 1 aromatic rings. The molecule has 1 aromatic carbocycles. The van der Waals surface area contributed by atoms with Crippen LogP contribution in [0.25, 0.3) is 0 Å². The highest BCUT2D eigenvalue weighted by atomic mass is 19.1. The van der Waals surface area contributed by atoms with Crippen molar-refractivity contribution in [2.45, 2.75) is 46.1 Å². The minimum atomic E-state index is -0.193. The van der Waals surface area contributed by atoms with E-state index in [0.717, 1.165) is 44.8 Å². The lowest BCUT2D eigenvalue weighted by Gasteiger charge is -2.39. The summed E-state index contributed by atoms with van der Waals surface area (Å²) in [6, 6.07) is 7.17. The topological polar surface area (TPSA) is 28.0 Å². The number of nitrogens with one attached hydrogen (secondary N) is 1. The Bertz CT molecular complexity index is 696. The third-order valence-electron chi connectivity index (χ3n) is 6.80. The standard InChI is InChI=1S/C22H32FN3O/c1-21(2)12-19-13-22(3,15-21)16-26(19)20(27)14-24-8-10-25(11-9-24)18-6-4-17(23)5-7-18/h4-7,19H,8-16H2,1-3H3/p+1/t19-,22+/m1/s1. The number of halogens is 1. The molecule has 0 aromatic heterocycles. The van der Waals surface area contributed by atoms with Gasteiger partial charge in [-0.2, -0.15) is 0 Å². The van der Waals surface area contributed by atoms with Gasteiger partial charge in [0.15, 0.2) is 6.54 Å². The summed E-state index contributed by atoms with van der Waals surface area (Å²) >= 11 is 0. The number of quaternary nitrogens is 1. The summed E-state index contributed by atoms with van der Waals surface area (Å²) in [7, 11) is 0. The van der Waals surface area contributed by atoms with E-state index < -0.39 is 0 Å². The normalized spacial score (nSPS) is 30.6. The first-order chi connectivity index (χ1) is 12.7. The van der Waals surface area contributed by atoms with Gasteiger partial charge in [0.05, 0.1) is 26.2 Å². The highest BCUT2D eigenvalue weighted by Gasteiger charge is 2.51. The van der Waals surface area contributed by atoms with Crippen molar-refractivity contribution in [3.63, 3.8) is 0 Å². The molecule has 1 amide bonds. The third-order valence-corrected chi connectivity index (χ3v) is 6.80. The van der Waals surface area contributed by atoms with Crippen LogP contribution in [0.3, 0.4) is 0 Å². The largest absolute Gasteiger partial charge is 0.360 e. The molecule has 1 N–H and O–H groups in total. The van der Waals surface area contributed by atoms with Gasteiger partial charge in [0.25, 0.3) is 5.91 Å². The monoisotopic (exact) mass is 374 g/mol. The van der Waals surface area contributed by atoms with Crippen LogP contribution in [-0.4, -0.2) is 56.1 Å². The van der Waals surface area contributed by atoms with Crippen LogP contribution in [-0.2, 0) is 4.79 Å². The summed E-state index contributed by atoms with van der Waals surface area (Å²) < 4.78 is 13.1. The summed E-state index contributed by atoms with van der Waals surface area (Å²) in [6.07, 6.45) is 3.54. The summed E-state index contributed by atoms with van der Waals surface area (Å²) in [5, 5.41) is 0. The molecular weight excluding hydrogens is 341 g/mol. The molecule has 2 saturated heterocycles. The number of carbonyl (C=O) groups is 1. The Morgan fingerprint density at radius 1 is 1.15 bits per heavy atom. The first-order valence-electron chi connectivity index (χ1n) is 10.4. The summed E-state index contributed by atoms with van der Waals surface area (Å²) in [5.41, 5.74) is 1.73. The smallest absolute Gasteiger partial charge is 0.278 e. The van der Waals surface area contributed by atoms with Gasteiger partial charge >= 0.3 is 0 Å². The highest BCUT2D eigenvalue weighted by Crippen LogP contribution is 2.52. The van der Waals surface area contributed by atoms with Crippen LogP contribution in [0.4, 0.5) is 10.1 Å². The number of nitrogens with zero attached hydrogens (tertiary/aromatic N) is 2. The van der Waals surface area contributed by atoms with Gasteiger partial charge in [-0.3, -0.25) is 4.79 Å². The molecule has 1 aliphatic carbocycles. The van der Waals surface area contributed by atoms with Gasteiger partial charge in [-0.25, -0.2) is 4.39 Å². The van der Waals surface area contributed by atoms with Crippen molar-refractivity contribution < 1.29 is 14.1 Å². The summed E-state index contributed by atoms with van der Waals surface area (Å²) in [4.78, 5) is 18.9. The van der Waals surface area contributed by atoms with E-state index in [4.69, 9.17) is 0 Å². The van der Waals surface area contributed by atoms with Crippen LogP contribution < -0.4 is 9.80 Å². The maximum atomic E-state index is 13.1. The number of benzene rings is 1. The van der Waals surface area contributed by atoms with Gasteiger partial charge in [-0.05, 0) is 54.4 Å². The molecule has 1 saturated carbocycles. The van der Waals surface area contributed by atoms with Gasteiger partial charge in [-0.15, -0.1) is 0 Å². The molecule has 2 heterocycles. The molecular formula is C22H33FN3O+. The number of likely N-dealkylation sites (tertiary alicyclic amines) is 1. The molecule has 4 nitrogen and oxygen atoms in total. The number of amides is 1. The van der Waals surface area contributed by atoms with Gasteiger partial charge in [0, 0.05) is 18.3 Å². The first kappa shape index (κ1) is 18.7. The predicted molar refractivity (Wildman–Crippen MR) is 105 cm³/mol. The molecule has 27 heavy (non-hydrogen) atoms. The van der Waals surface area contributed by atoms with Crippen molar-refractivity contribution in [1.29, 1.82) is 0 Å². The Labute approximate surface area is 162 Å². The molecule has 4 rings (SSSR count). The molecule has 2 bridgehead atoms. The molecule has 5 heteroatoms. The van der Waals surface area contributed by atoms with E-state index in [-0.39, 0.29) is 5.82 Å². The Kier molecular flexibility index (Phi) is 4.69. The van der Waals surface area contributed by atoms with E-state index in [1.807, 2.05) is 12.1 Å². The number of hydrogen-bond acceptors (Lipinski definition) is 2. The Morgan fingerprint density at radius 3 is 2.48 bits per heavy atom. The number of carbonyl (C=O) groups excluding carboxylic acids is 1. The molecule has 148 valence electrons. The van der Waals surface area contributed by atoms with Crippen molar-refractivity contribution >= 4 is 11.6 Å². The van der Waals surface area contributed by atoms with Crippen molar-refractivity contribution in [1.82, 2.24) is 4.90 Å². The van der Waals surface area contributed by atoms with Crippen LogP contribution in [0.15, 0.2) is 24.3 Å². The fourth-order valence-electron chi connectivity index (χ4n) is 5.98. The fourth-order valence-corrected chi connectivity index (χ4v) is 5.98. The van der Waals surface area contributed by atoms with Crippen molar-refractivity contribution in [3.05, 3.63) is 30.1 Å². The Morgan fingerprint density at radius 2 is 1.81 bits per heavy atom. The van der Waals surface area contributed by atoms with E-state index in [1.54, 1.807) is 0 Å². The van der Waals surface area contributed by atoms with Crippen molar-refractivity contribution in [2.24, 2.45) is 10.8 Å². The van der Waals surface area contributed by atoms with Crippen LogP contribution in [0.5, 0.6) is 0 Å². The molecule has 0 spiro atoms. The van der Waals surface area contributed by atoms with Crippen LogP contribution in [0, 0.1) is 16.6 Å². The molecule has 0 unspecified atom stereocenters. The molecule has 3 fully saturated rings. The third kappa shape index (κ3) is 3.98. The van der Waals surface area contributed by atoms with Crippen molar-refractivity contribution in [3.8, 4) is 0 Å². The Hall–Kier alpha value is -1.62. The maximum absolute atomic E-state index is 13.1. The second-order valence-corrected chi connectivity index (χ2v) is 10.1. The van der Waals surface area contributed by atoms with Gasteiger partial charge in [0.1, 0.15) is 5.82 Å². The van der Waals surface area contributed by atoms with E-state index >= 15 is 0 Å². The van der Waals surface area contributed by atoms with E-state index in [0.29, 0.717) is 29.3 Å². The highest BCUT2D eigenvalue weighted by molar-refractivity contribution is 5.78. The van der Waals surface area contributed by atoms with E-state index in [9.17, 15) is 9.18 Å². The zero-order valence-corrected chi connectivity index (χ0v) is 16.9. The number of piperazine rings is 1. The zero-order valence-electron chi connectivity index (χ0n) is 16.9. The second kappa shape index (κ2) is 6.77. The average molecular weight is 375 g/mol. The first-order valence-corrected chi connectivity index (χ1v) is 10.4. The van der Waals surface area contributed by atoms with Crippen molar-refractivity contribution in [2.75, 3.05) is 44.2 Å². The predicted octanol–water partition coefficient (Wildman–Crippen LogP) is 1.96. The lowest BCUT2D eigenvalue weighted by Crippen LogP contribution is -3.16. The number of fused-ring (bicyclic) bond motifs is 2. The lowest BCUT2D eigenvalue weighted by molar-refractivity contribution is -0.892. The van der Waals surface area contributed by atoms with Gasteiger partial charge < -0.3 is 14.7 Å². The van der Waals surface area contributed by atoms with E-state index in [2.05, 4.69) is 30.6 Å². The summed E-state index contributed by atoms with van der Waals surface area (Å²) in [6.45, 7) is 12.4. The number of hydrogen-bond donors (Lipinski definition) is 1. The molecule has 0 radical (unpaired) electrons.